The summed E-state index contributed by atoms with van der Waals surface area (Å²) in [5, 5.41) is 14.1. The maximum absolute atomic E-state index is 12.7. The first kappa shape index (κ1) is 24.6. The Morgan fingerprint density at radius 3 is 2.46 bits per heavy atom. The van der Waals surface area contributed by atoms with E-state index in [1.807, 2.05) is 60.7 Å². The Kier molecular flexibility index (Phi) is 7.94. The van der Waals surface area contributed by atoms with Crippen LogP contribution in [0.2, 0.25) is 10.0 Å². The second kappa shape index (κ2) is 11.3. The summed E-state index contributed by atoms with van der Waals surface area (Å²) >= 11 is 13.4. The summed E-state index contributed by atoms with van der Waals surface area (Å²) in [7, 11) is 1.60. The molecule has 0 saturated carbocycles. The quantitative estimate of drug-likeness (QED) is 0.258. The molecule has 4 rings (SSSR count). The minimum absolute atomic E-state index is 0.0326. The number of amides is 1. The number of hydrogen-bond donors (Lipinski definition) is 1. The van der Waals surface area contributed by atoms with Crippen molar-refractivity contribution in [3.05, 3.63) is 94.5 Å². The fourth-order valence-electron chi connectivity index (χ4n) is 3.40. The van der Waals surface area contributed by atoms with E-state index in [1.165, 1.54) is 11.8 Å². The van der Waals surface area contributed by atoms with Crippen molar-refractivity contribution in [3.63, 3.8) is 0 Å². The molecule has 35 heavy (non-hydrogen) atoms. The lowest BCUT2D eigenvalue weighted by Crippen LogP contribution is -2.14. The van der Waals surface area contributed by atoms with Gasteiger partial charge >= 0.3 is 0 Å². The van der Waals surface area contributed by atoms with Gasteiger partial charge in [0.2, 0.25) is 5.91 Å². The Hall–Kier alpha value is -3.50. The fraction of sp³-hybridized carbons (Fsp3) is 0.0741. The van der Waals surface area contributed by atoms with Crippen molar-refractivity contribution in [2.45, 2.75) is 5.03 Å². The number of rotatable bonds is 7. The number of carbonyl (C=O) groups excluding carboxylic acids is 1. The minimum Gasteiger partial charge on any atom is -0.497 e. The first-order valence-corrected chi connectivity index (χ1v) is 12.3. The van der Waals surface area contributed by atoms with Crippen molar-refractivity contribution in [2.75, 3.05) is 18.2 Å². The third-order valence-corrected chi connectivity index (χ3v) is 6.65. The number of carbonyl (C=O) groups is 1. The second-order valence-electron chi connectivity index (χ2n) is 7.40. The summed E-state index contributed by atoms with van der Waals surface area (Å²) in [6.45, 7) is 0. The molecule has 0 aliphatic heterocycles. The Bertz CT molecular complexity index is 1400. The molecule has 0 unspecified atom stereocenters. The van der Waals surface area contributed by atoms with E-state index in [-0.39, 0.29) is 11.7 Å². The normalized spacial score (nSPS) is 10.5. The molecule has 0 fully saturated rings. The lowest BCUT2D eigenvalue weighted by atomic mass is 9.99. The number of pyridine rings is 1. The molecule has 174 valence electrons. The van der Waals surface area contributed by atoms with Gasteiger partial charge in [-0.3, -0.25) is 4.79 Å². The van der Waals surface area contributed by atoms with E-state index in [0.29, 0.717) is 32.0 Å². The molecule has 0 bridgehead atoms. The van der Waals surface area contributed by atoms with Crippen molar-refractivity contribution in [1.29, 1.82) is 5.26 Å². The van der Waals surface area contributed by atoms with E-state index in [0.717, 1.165) is 22.4 Å². The van der Waals surface area contributed by atoms with Crippen LogP contribution in [0.3, 0.4) is 0 Å². The molecule has 3 aromatic carbocycles. The molecule has 1 N–H and O–H groups in total. The van der Waals surface area contributed by atoms with Gasteiger partial charge in [-0.15, -0.1) is 0 Å². The van der Waals surface area contributed by atoms with Crippen molar-refractivity contribution in [1.82, 2.24) is 4.98 Å². The monoisotopic (exact) mass is 519 g/mol. The maximum atomic E-state index is 12.7. The van der Waals surface area contributed by atoms with Crippen LogP contribution >= 0.6 is 35.0 Å². The Morgan fingerprint density at radius 2 is 1.77 bits per heavy atom. The lowest BCUT2D eigenvalue weighted by Gasteiger charge is -2.13. The van der Waals surface area contributed by atoms with Gasteiger partial charge in [0.1, 0.15) is 16.8 Å². The second-order valence-corrected chi connectivity index (χ2v) is 9.21. The highest BCUT2D eigenvalue weighted by atomic mass is 35.5. The average molecular weight is 520 g/mol. The largest absolute Gasteiger partial charge is 0.497 e. The van der Waals surface area contributed by atoms with Crippen LogP contribution in [0.25, 0.3) is 22.4 Å². The van der Waals surface area contributed by atoms with Gasteiger partial charge in [-0.2, -0.15) is 5.26 Å². The number of thioether (sulfide) groups is 1. The van der Waals surface area contributed by atoms with Crippen molar-refractivity contribution >= 4 is 46.6 Å². The van der Waals surface area contributed by atoms with Crippen LogP contribution in [0.4, 0.5) is 5.69 Å². The summed E-state index contributed by atoms with van der Waals surface area (Å²) in [6.07, 6.45) is 0. The molecule has 0 aliphatic carbocycles. The molecule has 0 saturated heterocycles. The van der Waals surface area contributed by atoms with E-state index in [1.54, 1.807) is 25.3 Å². The topological polar surface area (TPSA) is 75.0 Å². The SMILES string of the molecule is COc1ccc(-c2cc(-c3ccccc3)nc(SCC(=O)Nc3cc(Cl)ccc3Cl)c2C#N)cc1. The van der Waals surface area contributed by atoms with Crippen LogP contribution < -0.4 is 10.1 Å². The highest BCUT2D eigenvalue weighted by molar-refractivity contribution is 8.00. The standard InChI is InChI=1S/C27H19Cl2N3O2S/c1-34-20-10-7-17(8-11-20)21-14-24(18-5-3-2-4-6-18)32-27(22(21)15-30)35-16-26(33)31-25-13-19(28)9-12-23(25)29/h2-14H,16H2,1H3,(H,31,33). The lowest BCUT2D eigenvalue weighted by molar-refractivity contribution is -0.113. The van der Waals surface area contributed by atoms with Gasteiger partial charge in [0, 0.05) is 16.1 Å². The zero-order valence-electron chi connectivity index (χ0n) is 18.6. The zero-order valence-corrected chi connectivity index (χ0v) is 20.9. The predicted molar refractivity (Wildman–Crippen MR) is 142 cm³/mol. The zero-order chi connectivity index (χ0) is 24.8. The molecule has 4 aromatic rings. The average Bonchev–Trinajstić information content (AvgIpc) is 2.89. The molecule has 5 nitrogen and oxygen atoms in total. The van der Waals surface area contributed by atoms with E-state index in [2.05, 4.69) is 11.4 Å². The molecular formula is C27H19Cl2N3O2S. The molecule has 0 spiro atoms. The van der Waals surface area contributed by atoms with Crippen LogP contribution in [0.15, 0.2) is 83.9 Å². The number of methoxy groups -OCH3 is 1. The number of anilines is 1. The van der Waals surface area contributed by atoms with Gasteiger partial charge in [-0.1, -0.05) is 77.4 Å². The summed E-state index contributed by atoms with van der Waals surface area (Å²) in [4.78, 5) is 17.4. The molecule has 8 heteroatoms. The summed E-state index contributed by atoms with van der Waals surface area (Å²) < 4.78 is 5.26. The molecule has 0 radical (unpaired) electrons. The first-order chi connectivity index (χ1) is 17.0. The van der Waals surface area contributed by atoms with Crippen LogP contribution in [0.5, 0.6) is 5.75 Å². The van der Waals surface area contributed by atoms with E-state index < -0.39 is 0 Å². The smallest absolute Gasteiger partial charge is 0.234 e. The molecule has 0 aliphatic rings. The van der Waals surface area contributed by atoms with Crippen LogP contribution in [-0.2, 0) is 4.79 Å². The van der Waals surface area contributed by atoms with Gasteiger partial charge in [0.15, 0.2) is 0 Å². The molecule has 1 heterocycles. The van der Waals surface area contributed by atoms with Gasteiger partial charge in [0.25, 0.3) is 0 Å². The van der Waals surface area contributed by atoms with E-state index >= 15 is 0 Å². The maximum Gasteiger partial charge on any atom is 0.234 e. The highest BCUT2D eigenvalue weighted by Gasteiger charge is 2.17. The number of nitrogens with zero attached hydrogens (tertiary/aromatic N) is 2. The van der Waals surface area contributed by atoms with Gasteiger partial charge in [-0.25, -0.2) is 4.98 Å². The van der Waals surface area contributed by atoms with Gasteiger partial charge in [0.05, 0.1) is 34.8 Å². The minimum atomic E-state index is -0.291. The molecular weight excluding hydrogens is 501 g/mol. The van der Waals surface area contributed by atoms with Crippen molar-refractivity contribution in [3.8, 4) is 34.2 Å². The first-order valence-electron chi connectivity index (χ1n) is 10.5. The van der Waals surface area contributed by atoms with E-state index in [9.17, 15) is 10.1 Å². The van der Waals surface area contributed by atoms with Crippen LogP contribution in [0.1, 0.15) is 5.56 Å². The van der Waals surface area contributed by atoms with Crippen molar-refractivity contribution in [2.24, 2.45) is 0 Å². The van der Waals surface area contributed by atoms with Gasteiger partial charge in [-0.05, 0) is 42.0 Å². The third-order valence-electron chi connectivity index (χ3n) is 5.11. The summed E-state index contributed by atoms with van der Waals surface area (Å²) in [6, 6.07) is 26.2. The number of hydrogen-bond acceptors (Lipinski definition) is 5. The molecule has 1 amide bonds. The number of aromatic nitrogens is 1. The van der Waals surface area contributed by atoms with Crippen LogP contribution in [0, 0.1) is 11.3 Å². The number of benzene rings is 3. The number of nitriles is 1. The van der Waals surface area contributed by atoms with Crippen molar-refractivity contribution < 1.29 is 9.53 Å². The third kappa shape index (κ3) is 5.95. The molecule has 0 atom stereocenters. The summed E-state index contributed by atoms with van der Waals surface area (Å²) in [5.41, 5.74) is 4.01. The fourth-order valence-corrected chi connectivity index (χ4v) is 4.54. The Morgan fingerprint density at radius 1 is 1.03 bits per heavy atom. The summed E-state index contributed by atoms with van der Waals surface area (Å²) in [5.74, 6) is 0.460. The van der Waals surface area contributed by atoms with E-state index in [4.69, 9.17) is 32.9 Å². The number of nitrogens with one attached hydrogen (secondary N) is 1. The van der Waals surface area contributed by atoms with Crippen LogP contribution in [-0.4, -0.2) is 23.8 Å². The Labute approximate surface area is 217 Å². The highest BCUT2D eigenvalue weighted by Crippen LogP contribution is 2.35. The van der Waals surface area contributed by atoms with Gasteiger partial charge < -0.3 is 10.1 Å². The predicted octanol–water partition coefficient (Wildman–Crippen LogP) is 7.33. The number of halogens is 2. The number of ether oxygens (including phenoxy) is 1. The molecule has 1 aromatic heterocycles. The Balaban J connectivity index is 1.68.